The van der Waals surface area contributed by atoms with Gasteiger partial charge in [0.25, 0.3) is 0 Å². The Balaban J connectivity index is 3.09. The van der Waals surface area contributed by atoms with Crippen molar-refractivity contribution in [3.63, 3.8) is 0 Å². The Morgan fingerprint density at radius 2 is 2.25 bits per heavy atom. The summed E-state index contributed by atoms with van der Waals surface area (Å²) in [5.41, 5.74) is 11.3. The Morgan fingerprint density at radius 3 is 2.50 bits per heavy atom. The molecule has 5 heteroatoms. The molecule has 0 saturated heterocycles. The van der Waals surface area contributed by atoms with E-state index in [0.29, 0.717) is 0 Å². The minimum atomic E-state index is -0.653. The highest BCUT2D eigenvalue weighted by molar-refractivity contribution is 5.77. The number of rotatable bonds is 1. The van der Waals surface area contributed by atoms with Gasteiger partial charge in [0, 0.05) is 6.07 Å². The van der Waals surface area contributed by atoms with Crippen molar-refractivity contribution < 1.29 is 4.79 Å². The van der Waals surface area contributed by atoms with Gasteiger partial charge in [0.15, 0.2) is 0 Å². The number of primary amides is 1. The number of carbonyl (C=O) groups excluding carboxylic acids is 1. The molecule has 1 rings (SSSR count). The number of aromatic nitrogens is 2. The predicted octanol–water partition coefficient (Wildman–Crippen LogP) is 0.516. The third kappa shape index (κ3) is 1.39. The molecule has 1 heterocycles. The van der Waals surface area contributed by atoms with E-state index >= 15 is 0 Å². The molecule has 66 valence electrons. The van der Waals surface area contributed by atoms with Crippen LogP contribution in [0.25, 0.3) is 0 Å². The molecule has 0 aliphatic rings. The molecule has 0 atom stereocenters. The average Bonchev–Trinajstić information content (AvgIpc) is 2.30. The third-order valence-corrected chi connectivity index (χ3v) is 1.56. The lowest BCUT2D eigenvalue weighted by Gasteiger charge is -1.96. The second kappa shape index (κ2) is 2.84. The largest absolute Gasteiger partial charge is 0.383 e. The van der Waals surface area contributed by atoms with Crippen LogP contribution in [0.4, 0.5) is 10.6 Å². The maximum atomic E-state index is 10.7. The standard InChI is InChI=1S/C7H12N4O/c1-4(2)5-3-6(8)11(10-5)7(9)12/h3-4H,8H2,1-2H3,(H2,9,12). The van der Waals surface area contributed by atoms with Crippen LogP contribution >= 0.6 is 0 Å². The number of nitrogens with two attached hydrogens (primary N) is 2. The molecule has 0 fully saturated rings. The van der Waals surface area contributed by atoms with Crippen LogP contribution in [0.2, 0.25) is 0 Å². The molecule has 0 aliphatic carbocycles. The molecule has 0 spiro atoms. The van der Waals surface area contributed by atoms with Gasteiger partial charge in [-0.1, -0.05) is 13.8 Å². The minimum absolute atomic E-state index is 0.243. The van der Waals surface area contributed by atoms with Crippen LogP contribution in [0.15, 0.2) is 6.07 Å². The van der Waals surface area contributed by atoms with Gasteiger partial charge >= 0.3 is 6.03 Å². The maximum Gasteiger partial charge on any atom is 0.341 e. The fourth-order valence-corrected chi connectivity index (χ4v) is 0.873. The Morgan fingerprint density at radius 1 is 1.67 bits per heavy atom. The number of nitrogen functional groups attached to an aromatic ring is 1. The Labute approximate surface area is 70.3 Å². The molecule has 1 amide bonds. The number of hydrogen-bond donors (Lipinski definition) is 2. The molecule has 1 aromatic heterocycles. The highest BCUT2D eigenvalue weighted by atomic mass is 16.2. The second-order valence-corrected chi connectivity index (χ2v) is 2.90. The molecule has 5 nitrogen and oxygen atoms in total. The van der Waals surface area contributed by atoms with Crippen molar-refractivity contribution in [2.24, 2.45) is 5.73 Å². The Kier molecular flexibility index (Phi) is 2.03. The quantitative estimate of drug-likeness (QED) is 0.640. The van der Waals surface area contributed by atoms with Crippen molar-refractivity contribution in [1.82, 2.24) is 9.78 Å². The first-order chi connectivity index (χ1) is 5.52. The zero-order valence-corrected chi connectivity index (χ0v) is 7.11. The summed E-state index contributed by atoms with van der Waals surface area (Å²) < 4.78 is 0.995. The minimum Gasteiger partial charge on any atom is -0.383 e. The van der Waals surface area contributed by atoms with Crippen molar-refractivity contribution in [1.29, 1.82) is 0 Å². The van der Waals surface area contributed by atoms with Gasteiger partial charge in [0.1, 0.15) is 5.82 Å². The molecule has 0 aliphatic heterocycles. The lowest BCUT2D eigenvalue weighted by molar-refractivity contribution is 0.248. The summed E-state index contributed by atoms with van der Waals surface area (Å²) in [7, 11) is 0. The van der Waals surface area contributed by atoms with E-state index < -0.39 is 6.03 Å². The van der Waals surface area contributed by atoms with E-state index in [0.717, 1.165) is 10.4 Å². The summed E-state index contributed by atoms with van der Waals surface area (Å²) in [4.78, 5) is 10.7. The Hall–Kier alpha value is -1.52. The highest BCUT2D eigenvalue weighted by Crippen LogP contribution is 2.14. The molecule has 1 aromatic rings. The smallest absolute Gasteiger partial charge is 0.341 e. The van der Waals surface area contributed by atoms with Gasteiger partial charge < -0.3 is 11.5 Å². The molecular formula is C7H12N4O. The summed E-state index contributed by atoms with van der Waals surface area (Å²) in [5, 5.41) is 3.93. The number of carbonyl (C=O) groups is 1. The fraction of sp³-hybridized carbons (Fsp3) is 0.429. The molecule has 0 bridgehead atoms. The molecule has 0 saturated carbocycles. The maximum absolute atomic E-state index is 10.7. The van der Waals surface area contributed by atoms with Crippen LogP contribution in [0, 0.1) is 0 Å². The van der Waals surface area contributed by atoms with Crippen molar-refractivity contribution in [2.75, 3.05) is 5.73 Å². The van der Waals surface area contributed by atoms with Crippen molar-refractivity contribution in [3.8, 4) is 0 Å². The second-order valence-electron chi connectivity index (χ2n) is 2.90. The van der Waals surface area contributed by atoms with Gasteiger partial charge in [-0.2, -0.15) is 9.78 Å². The van der Waals surface area contributed by atoms with Gasteiger partial charge in [-0.3, -0.25) is 0 Å². The van der Waals surface area contributed by atoms with Gasteiger partial charge in [0.2, 0.25) is 0 Å². The van der Waals surface area contributed by atoms with Gasteiger partial charge in [-0.15, -0.1) is 0 Å². The first-order valence-corrected chi connectivity index (χ1v) is 3.67. The van der Waals surface area contributed by atoms with Crippen LogP contribution in [0.5, 0.6) is 0 Å². The molecule has 0 aromatic carbocycles. The molecule has 0 radical (unpaired) electrons. The lowest BCUT2D eigenvalue weighted by atomic mass is 10.1. The molecular weight excluding hydrogens is 156 g/mol. The zero-order valence-electron chi connectivity index (χ0n) is 7.11. The Bertz CT molecular complexity index is 302. The van der Waals surface area contributed by atoms with Gasteiger partial charge in [-0.05, 0) is 5.92 Å². The van der Waals surface area contributed by atoms with Crippen molar-refractivity contribution in [3.05, 3.63) is 11.8 Å². The highest BCUT2D eigenvalue weighted by Gasteiger charge is 2.10. The summed E-state index contributed by atoms with van der Waals surface area (Å²) >= 11 is 0. The van der Waals surface area contributed by atoms with E-state index in [2.05, 4.69) is 5.10 Å². The SMILES string of the molecule is CC(C)c1cc(N)n(C(N)=O)n1. The van der Waals surface area contributed by atoms with E-state index in [1.807, 2.05) is 13.8 Å². The summed E-state index contributed by atoms with van der Waals surface area (Å²) in [6.07, 6.45) is 0. The van der Waals surface area contributed by atoms with Crippen molar-refractivity contribution >= 4 is 11.8 Å². The van der Waals surface area contributed by atoms with Crippen LogP contribution in [0.1, 0.15) is 25.5 Å². The van der Waals surface area contributed by atoms with Crippen LogP contribution in [-0.4, -0.2) is 15.8 Å². The summed E-state index contributed by atoms with van der Waals surface area (Å²) in [5.74, 6) is 0.527. The average molecular weight is 168 g/mol. The lowest BCUT2D eigenvalue weighted by Crippen LogP contribution is -2.22. The van der Waals surface area contributed by atoms with Gasteiger partial charge in [-0.25, -0.2) is 4.79 Å². The summed E-state index contributed by atoms with van der Waals surface area (Å²) in [6.45, 7) is 3.93. The van der Waals surface area contributed by atoms with E-state index in [4.69, 9.17) is 11.5 Å². The number of nitrogens with zero attached hydrogens (tertiary/aromatic N) is 2. The predicted molar refractivity (Wildman–Crippen MR) is 45.7 cm³/mol. The monoisotopic (exact) mass is 168 g/mol. The van der Waals surface area contributed by atoms with E-state index in [9.17, 15) is 4.79 Å². The first kappa shape index (κ1) is 8.58. The fourth-order valence-electron chi connectivity index (χ4n) is 0.873. The topological polar surface area (TPSA) is 86.9 Å². The normalized spacial score (nSPS) is 10.6. The van der Waals surface area contributed by atoms with E-state index in [1.54, 1.807) is 6.07 Å². The molecule has 4 N–H and O–H groups in total. The van der Waals surface area contributed by atoms with Crippen LogP contribution in [0.3, 0.4) is 0 Å². The summed E-state index contributed by atoms with van der Waals surface area (Å²) in [6, 6.07) is 0.995. The first-order valence-electron chi connectivity index (χ1n) is 3.67. The van der Waals surface area contributed by atoms with Gasteiger partial charge in [0.05, 0.1) is 5.69 Å². The molecule has 12 heavy (non-hydrogen) atoms. The van der Waals surface area contributed by atoms with Crippen LogP contribution < -0.4 is 11.5 Å². The molecule has 0 unspecified atom stereocenters. The van der Waals surface area contributed by atoms with E-state index in [-0.39, 0.29) is 11.7 Å². The number of anilines is 1. The van der Waals surface area contributed by atoms with Crippen LogP contribution in [-0.2, 0) is 0 Å². The number of hydrogen-bond acceptors (Lipinski definition) is 3. The zero-order chi connectivity index (χ0) is 9.30. The third-order valence-electron chi connectivity index (χ3n) is 1.56. The number of amides is 1. The van der Waals surface area contributed by atoms with E-state index in [1.165, 1.54) is 0 Å². The van der Waals surface area contributed by atoms with Crippen molar-refractivity contribution in [2.45, 2.75) is 19.8 Å².